The standard InChI is InChI=1S/C25H27FN8O4.ClH/c26-18-13-17(22(35)36)5-6-19(18)32-10-8-31(9-11-32)14-16-3-1-7-33(15-16)23-28-24-27-21(20-4-2-12-38-20)30-34(24)25(37)29-23;/h2,4-6,12-13,16H,1,3,7-11,14-15H2,(H,35,36)(H,27,28,29,30,37);1H/t16-;/m0./s1. The fourth-order valence-electron chi connectivity index (χ4n) is 5.28. The van der Waals surface area contributed by atoms with E-state index < -0.39 is 17.5 Å². The predicted molar refractivity (Wildman–Crippen MR) is 143 cm³/mol. The zero-order valence-corrected chi connectivity index (χ0v) is 21.8. The second-order valence-electron chi connectivity index (χ2n) is 9.70. The van der Waals surface area contributed by atoms with Gasteiger partial charge in [0.1, 0.15) is 5.82 Å². The van der Waals surface area contributed by atoms with Crippen LogP contribution in [0.3, 0.4) is 0 Å². The normalized spacial score (nSPS) is 18.3. The van der Waals surface area contributed by atoms with E-state index in [1.807, 2.05) is 4.90 Å². The van der Waals surface area contributed by atoms with Crippen molar-refractivity contribution in [3.05, 3.63) is 58.5 Å². The predicted octanol–water partition coefficient (Wildman–Crippen LogP) is 2.37. The van der Waals surface area contributed by atoms with Crippen LogP contribution in [0.4, 0.5) is 16.0 Å². The molecular weight excluding hydrogens is 531 g/mol. The molecule has 2 N–H and O–H groups in total. The van der Waals surface area contributed by atoms with Crippen LogP contribution in [-0.4, -0.2) is 86.4 Å². The van der Waals surface area contributed by atoms with Crippen LogP contribution in [0, 0.1) is 11.7 Å². The van der Waals surface area contributed by atoms with Crippen molar-refractivity contribution in [3.8, 4) is 11.6 Å². The second kappa shape index (κ2) is 11.0. The molecule has 3 aromatic heterocycles. The van der Waals surface area contributed by atoms with Gasteiger partial charge in [0, 0.05) is 45.8 Å². The SMILES string of the molecule is Cl.O=C(O)c1ccc(N2CCN(C[C@@H]3CCCN(c4nc5nc(-c6ccco6)nn5c(=O)[nH]4)C3)CC2)c(F)c1. The van der Waals surface area contributed by atoms with Crippen molar-refractivity contribution < 1.29 is 18.7 Å². The number of aromatic nitrogens is 5. The van der Waals surface area contributed by atoms with Gasteiger partial charge in [0.05, 0.1) is 17.5 Å². The lowest BCUT2D eigenvalue weighted by Crippen LogP contribution is -2.50. The molecule has 206 valence electrons. The van der Waals surface area contributed by atoms with Gasteiger partial charge in [-0.3, -0.25) is 9.88 Å². The number of benzene rings is 1. The number of hydrogen-bond donors (Lipinski definition) is 2. The number of anilines is 2. The summed E-state index contributed by atoms with van der Waals surface area (Å²) in [4.78, 5) is 42.0. The fraction of sp³-hybridized carbons (Fsp3) is 0.400. The topological polar surface area (TPSA) is 136 Å². The van der Waals surface area contributed by atoms with Gasteiger partial charge in [-0.25, -0.2) is 14.0 Å². The van der Waals surface area contributed by atoms with Gasteiger partial charge in [-0.1, -0.05) is 0 Å². The molecule has 0 saturated carbocycles. The third kappa shape index (κ3) is 5.45. The van der Waals surface area contributed by atoms with Crippen LogP contribution in [0.5, 0.6) is 0 Å². The lowest BCUT2D eigenvalue weighted by atomic mass is 9.97. The van der Waals surface area contributed by atoms with E-state index in [0.717, 1.165) is 56.1 Å². The summed E-state index contributed by atoms with van der Waals surface area (Å²) >= 11 is 0. The molecule has 5 heterocycles. The van der Waals surface area contributed by atoms with E-state index in [1.54, 1.807) is 18.2 Å². The number of nitrogens with one attached hydrogen (secondary N) is 1. The van der Waals surface area contributed by atoms with Crippen molar-refractivity contribution in [1.82, 2.24) is 29.5 Å². The highest BCUT2D eigenvalue weighted by atomic mass is 35.5. The molecule has 0 amide bonds. The maximum atomic E-state index is 14.5. The summed E-state index contributed by atoms with van der Waals surface area (Å²) in [5.41, 5.74) is -0.0199. The Hall–Kier alpha value is -3.97. The largest absolute Gasteiger partial charge is 0.478 e. The van der Waals surface area contributed by atoms with Crippen LogP contribution in [0.25, 0.3) is 17.4 Å². The van der Waals surface area contributed by atoms with Gasteiger partial charge in [-0.15, -0.1) is 22.0 Å². The Labute approximate surface area is 228 Å². The Morgan fingerprint density at radius 3 is 2.67 bits per heavy atom. The van der Waals surface area contributed by atoms with Gasteiger partial charge in [0.25, 0.3) is 5.78 Å². The summed E-state index contributed by atoms with van der Waals surface area (Å²) in [6, 6.07) is 7.52. The van der Waals surface area contributed by atoms with E-state index >= 15 is 0 Å². The number of aromatic carboxylic acids is 1. The first-order chi connectivity index (χ1) is 18.4. The number of piperazine rings is 1. The molecule has 1 aromatic carbocycles. The quantitative estimate of drug-likeness (QED) is 0.363. The van der Waals surface area contributed by atoms with Crippen LogP contribution in [-0.2, 0) is 0 Å². The number of hydrogen-bond acceptors (Lipinski definition) is 9. The molecule has 0 bridgehead atoms. The van der Waals surface area contributed by atoms with Crippen molar-refractivity contribution in [2.24, 2.45) is 5.92 Å². The van der Waals surface area contributed by atoms with Crippen LogP contribution < -0.4 is 15.5 Å². The molecule has 0 unspecified atom stereocenters. The van der Waals surface area contributed by atoms with E-state index in [2.05, 4.69) is 29.9 Å². The molecule has 6 rings (SSSR count). The van der Waals surface area contributed by atoms with Gasteiger partial charge < -0.3 is 19.3 Å². The van der Waals surface area contributed by atoms with Crippen LogP contribution in [0.2, 0.25) is 0 Å². The second-order valence-corrected chi connectivity index (χ2v) is 9.70. The molecule has 0 spiro atoms. The maximum absolute atomic E-state index is 14.5. The summed E-state index contributed by atoms with van der Waals surface area (Å²) < 4.78 is 21.0. The van der Waals surface area contributed by atoms with Crippen molar-refractivity contribution >= 4 is 35.8 Å². The Balaban J connectivity index is 0.00000308. The monoisotopic (exact) mass is 558 g/mol. The molecule has 0 aliphatic carbocycles. The highest BCUT2D eigenvalue weighted by molar-refractivity contribution is 5.88. The Morgan fingerprint density at radius 2 is 1.95 bits per heavy atom. The number of rotatable bonds is 6. The number of furan rings is 1. The highest BCUT2D eigenvalue weighted by Gasteiger charge is 2.27. The number of carboxylic acid groups (broad SMARTS) is 1. The van der Waals surface area contributed by atoms with Crippen molar-refractivity contribution in [2.75, 3.05) is 55.6 Å². The molecular formula is C25H28ClFN8O4. The van der Waals surface area contributed by atoms with E-state index in [9.17, 15) is 14.0 Å². The third-order valence-electron chi connectivity index (χ3n) is 7.19. The van der Waals surface area contributed by atoms with E-state index in [4.69, 9.17) is 9.52 Å². The summed E-state index contributed by atoms with van der Waals surface area (Å²) in [5, 5.41) is 13.3. The number of halogens is 2. The van der Waals surface area contributed by atoms with Crippen LogP contribution in [0.1, 0.15) is 23.2 Å². The minimum atomic E-state index is -1.14. The summed E-state index contributed by atoms with van der Waals surface area (Å²) in [6.07, 6.45) is 3.57. The molecule has 39 heavy (non-hydrogen) atoms. The van der Waals surface area contributed by atoms with Crippen molar-refractivity contribution in [2.45, 2.75) is 12.8 Å². The molecule has 14 heteroatoms. The average molecular weight is 559 g/mol. The molecule has 12 nitrogen and oxygen atoms in total. The zero-order valence-electron chi connectivity index (χ0n) is 21.0. The fourth-order valence-corrected chi connectivity index (χ4v) is 5.28. The summed E-state index contributed by atoms with van der Waals surface area (Å²) in [7, 11) is 0. The summed E-state index contributed by atoms with van der Waals surface area (Å²) in [6.45, 7) is 5.33. The third-order valence-corrected chi connectivity index (χ3v) is 7.19. The minimum Gasteiger partial charge on any atom is -0.478 e. The van der Waals surface area contributed by atoms with Crippen LogP contribution in [0.15, 0.2) is 45.8 Å². The highest BCUT2D eigenvalue weighted by Crippen LogP contribution is 2.25. The number of fused-ring (bicyclic) bond motifs is 1. The van der Waals surface area contributed by atoms with Gasteiger partial charge in [-0.05, 0) is 49.1 Å². The number of carbonyl (C=O) groups is 1. The molecule has 2 aliphatic heterocycles. The van der Waals surface area contributed by atoms with Gasteiger partial charge >= 0.3 is 11.7 Å². The Kier molecular flexibility index (Phi) is 7.53. The van der Waals surface area contributed by atoms with E-state index in [1.165, 1.54) is 12.3 Å². The summed E-state index contributed by atoms with van der Waals surface area (Å²) in [5.74, 6) is 0.213. The number of piperidine rings is 1. The molecule has 0 radical (unpaired) electrons. The average Bonchev–Trinajstić information content (AvgIpc) is 3.60. The Bertz CT molecular complexity index is 1520. The number of carboxylic acids is 1. The molecule has 2 aliphatic rings. The molecule has 4 aromatic rings. The Morgan fingerprint density at radius 1 is 1.13 bits per heavy atom. The molecule has 1 atom stereocenters. The van der Waals surface area contributed by atoms with Crippen LogP contribution >= 0.6 is 12.4 Å². The van der Waals surface area contributed by atoms with E-state index in [0.29, 0.717) is 42.2 Å². The number of H-pyrrole nitrogens is 1. The number of nitrogens with zero attached hydrogens (tertiary/aromatic N) is 7. The first kappa shape index (κ1) is 26.6. The smallest absolute Gasteiger partial charge is 0.352 e. The van der Waals surface area contributed by atoms with Gasteiger partial charge in [-0.2, -0.15) is 9.97 Å². The molecule has 2 fully saturated rings. The minimum absolute atomic E-state index is 0. The van der Waals surface area contributed by atoms with E-state index in [-0.39, 0.29) is 23.7 Å². The maximum Gasteiger partial charge on any atom is 0.352 e. The van der Waals surface area contributed by atoms with Crippen molar-refractivity contribution in [3.63, 3.8) is 0 Å². The lowest BCUT2D eigenvalue weighted by Gasteiger charge is -2.40. The van der Waals surface area contributed by atoms with Gasteiger partial charge in [0.15, 0.2) is 5.76 Å². The first-order valence-electron chi connectivity index (χ1n) is 12.6. The lowest BCUT2D eigenvalue weighted by molar-refractivity contribution is 0.0696. The van der Waals surface area contributed by atoms with Gasteiger partial charge in [0.2, 0.25) is 11.8 Å². The van der Waals surface area contributed by atoms with Crippen molar-refractivity contribution in [1.29, 1.82) is 0 Å². The number of aromatic amines is 1. The zero-order chi connectivity index (χ0) is 26.2. The molecule has 2 saturated heterocycles. The first-order valence-corrected chi connectivity index (χ1v) is 12.6.